The van der Waals surface area contributed by atoms with Crippen molar-refractivity contribution in [3.63, 3.8) is 0 Å². The molecule has 1 fully saturated rings. The molecular weight excluding hydrogens is 316 g/mol. The Bertz CT molecular complexity index is 714. The van der Waals surface area contributed by atoms with Crippen LogP contribution in [0.15, 0.2) is 36.5 Å². The lowest BCUT2D eigenvalue weighted by molar-refractivity contribution is -0.121. The summed E-state index contributed by atoms with van der Waals surface area (Å²) in [6.07, 6.45) is 2.95. The topological polar surface area (TPSA) is 67.4 Å². The van der Waals surface area contributed by atoms with Gasteiger partial charge in [-0.1, -0.05) is 29.8 Å². The normalized spacial score (nSPS) is 14.4. The number of amides is 1. The van der Waals surface area contributed by atoms with E-state index in [0.29, 0.717) is 18.8 Å². The number of aryl methyl sites for hydroxylation is 2. The van der Waals surface area contributed by atoms with Crippen LogP contribution in [-0.4, -0.2) is 42.2 Å². The van der Waals surface area contributed by atoms with Gasteiger partial charge in [0, 0.05) is 25.7 Å². The monoisotopic (exact) mass is 340 g/mol. The summed E-state index contributed by atoms with van der Waals surface area (Å²) in [5.74, 6) is 1.54. The second-order valence-corrected chi connectivity index (χ2v) is 6.20. The lowest BCUT2D eigenvalue weighted by atomic mass is 10.1. The summed E-state index contributed by atoms with van der Waals surface area (Å²) in [4.78, 5) is 23.0. The molecule has 1 aromatic heterocycles. The summed E-state index contributed by atoms with van der Waals surface area (Å²) in [6, 6.07) is 10.1. The SMILES string of the molecule is Cc1cccc(CCC(=O)NCc2nccc(N3CCOCC3)n2)c1. The molecule has 3 rings (SSSR count). The largest absolute Gasteiger partial charge is 0.378 e. The predicted molar refractivity (Wildman–Crippen MR) is 96.4 cm³/mol. The molecule has 132 valence electrons. The number of nitrogens with zero attached hydrogens (tertiary/aromatic N) is 3. The molecule has 25 heavy (non-hydrogen) atoms. The van der Waals surface area contributed by atoms with E-state index in [1.54, 1.807) is 6.20 Å². The van der Waals surface area contributed by atoms with Crippen molar-refractivity contribution in [3.05, 3.63) is 53.5 Å². The molecule has 1 amide bonds. The highest BCUT2D eigenvalue weighted by molar-refractivity contribution is 5.76. The lowest BCUT2D eigenvalue weighted by Crippen LogP contribution is -2.37. The molecule has 0 unspecified atom stereocenters. The molecule has 1 aliphatic rings. The number of nitrogens with one attached hydrogen (secondary N) is 1. The highest BCUT2D eigenvalue weighted by Gasteiger charge is 2.13. The smallest absolute Gasteiger partial charge is 0.220 e. The molecule has 0 atom stereocenters. The number of carbonyl (C=O) groups excluding carboxylic acids is 1. The average Bonchev–Trinajstić information content (AvgIpc) is 2.66. The fourth-order valence-electron chi connectivity index (χ4n) is 2.83. The molecule has 0 spiro atoms. The highest BCUT2D eigenvalue weighted by atomic mass is 16.5. The molecule has 1 saturated heterocycles. The van der Waals surface area contributed by atoms with Crippen molar-refractivity contribution in [2.24, 2.45) is 0 Å². The minimum atomic E-state index is 0.0156. The third kappa shape index (κ3) is 5.26. The summed E-state index contributed by atoms with van der Waals surface area (Å²) in [7, 11) is 0. The Morgan fingerprint density at radius 1 is 1.28 bits per heavy atom. The minimum absolute atomic E-state index is 0.0156. The van der Waals surface area contributed by atoms with Crippen LogP contribution in [-0.2, 0) is 22.5 Å². The summed E-state index contributed by atoms with van der Waals surface area (Å²) < 4.78 is 5.36. The minimum Gasteiger partial charge on any atom is -0.378 e. The molecule has 0 aliphatic carbocycles. The fraction of sp³-hybridized carbons (Fsp3) is 0.421. The molecular formula is C19H24N4O2. The van der Waals surface area contributed by atoms with E-state index in [1.807, 2.05) is 12.1 Å². The van der Waals surface area contributed by atoms with Crippen molar-refractivity contribution in [2.75, 3.05) is 31.2 Å². The van der Waals surface area contributed by atoms with Crippen LogP contribution in [0.25, 0.3) is 0 Å². The van der Waals surface area contributed by atoms with E-state index < -0.39 is 0 Å². The highest BCUT2D eigenvalue weighted by Crippen LogP contribution is 2.12. The first-order chi connectivity index (χ1) is 12.2. The molecule has 0 saturated carbocycles. The third-order valence-electron chi connectivity index (χ3n) is 4.19. The Kier molecular flexibility index (Phi) is 5.95. The Labute approximate surface area is 148 Å². The van der Waals surface area contributed by atoms with Gasteiger partial charge >= 0.3 is 0 Å². The Hall–Kier alpha value is -2.47. The van der Waals surface area contributed by atoms with Crippen molar-refractivity contribution in [1.82, 2.24) is 15.3 Å². The molecule has 6 nitrogen and oxygen atoms in total. The van der Waals surface area contributed by atoms with E-state index in [0.717, 1.165) is 38.5 Å². The molecule has 6 heteroatoms. The maximum Gasteiger partial charge on any atom is 0.220 e. The fourth-order valence-corrected chi connectivity index (χ4v) is 2.83. The van der Waals surface area contributed by atoms with Gasteiger partial charge in [0.05, 0.1) is 19.8 Å². The molecule has 0 bridgehead atoms. The number of carbonyl (C=O) groups is 1. The summed E-state index contributed by atoms with van der Waals surface area (Å²) >= 11 is 0. The number of benzene rings is 1. The van der Waals surface area contributed by atoms with E-state index in [-0.39, 0.29) is 5.91 Å². The van der Waals surface area contributed by atoms with Crippen LogP contribution in [0.4, 0.5) is 5.82 Å². The average molecular weight is 340 g/mol. The zero-order chi connectivity index (χ0) is 17.5. The number of rotatable bonds is 6. The van der Waals surface area contributed by atoms with Gasteiger partial charge in [0.1, 0.15) is 11.6 Å². The zero-order valence-electron chi connectivity index (χ0n) is 14.6. The summed E-state index contributed by atoms with van der Waals surface area (Å²) in [5.41, 5.74) is 2.40. The number of aromatic nitrogens is 2. The first-order valence-corrected chi connectivity index (χ1v) is 8.67. The van der Waals surface area contributed by atoms with Crippen molar-refractivity contribution in [2.45, 2.75) is 26.3 Å². The second-order valence-electron chi connectivity index (χ2n) is 6.20. The Morgan fingerprint density at radius 3 is 2.92 bits per heavy atom. The van der Waals surface area contributed by atoms with Gasteiger partial charge in [-0.15, -0.1) is 0 Å². The first kappa shape index (κ1) is 17.4. The van der Waals surface area contributed by atoms with Crippen LogP contribution in [0, 0.1) is 6.92 Å². The van der Waals surface area contributed by atoms with Crippen molar-refractivity contribution in [3.8, 4) is 0 Å². The molecule has 2 heterocycles. The van der Waals surface area contributed by atoms with E-state index >= 15 is 0 Å². The van der Waals surface area contributed by atoms with Gasteiger partial charge in [-0.05, 0) is 25.0 Å². The molecule has 0 radical (unpaired) electrons. The maximum absolute atomic E-state index is 12.1. The molecule has 1 aromatic carbocycles. The zero-order valence-corrected chi connectivity index (χ0v) is 14.6. The van der Waals surface area contributed by atoms with Crippen molar-refractivity contribution in [1.29, 1.82) is 0 Å². The first-order valence-electron chi connectivity index (χ1n) is 8.67. The van der Waals surface area contributed by atoms with Gasteiger partial charge in [0.25, 0.3) is 0 Å². The summed E-state index contributed by atoms with van der Waals surface area (Å²) in [5, 5.41) is 2.91. The van der Waals surface area contributed by atoms with E-state index in [9.17, 15) is 4.79 Å². The predicted octanol–water partition coefficient (Wildman–Crippen LogP) is 1.87. The number of ether oxygens (including phenoxy) is 1. The van der Waals surface area contributed by atoms with Crippen molar-refractivity contribution >= 4 is 11.7 Å². The molecule has 2 aromatic rings. The van der Waals surface area contributed by atoms with Gasteiger partial charge in [-0.3, -0.25) is 4.79 Å². The number of anilines is 1. The van der Waals surface area contributed by atoms with Gasteiger partial charge in [-0.25, -0.2) is 9.97 Å². The standard InChI is InChI=1S/C19H24N4O2/c1-15-3-2-4-16(13-15)5-6-19(24)21-14-17-20-8-7-18(22-17)23-9-11-25-12-10-23/h2-4,7-8,13H,5-6,9-12,14H2,1H3,(H,21,24). The van der Waals surface area contributed by atoms with Crippen LogP contribution in [0.3, 0.4) is 0 Å². The van der Waals surface area contributed by atoms with Gasteiger partial charge in [0.15, 0.2) is 0 Å². The van der Waals surface area contributed by atoms with Crippen LogP contribution in [0.5, 0.6) is 0 Å². The second kappa shape index (κ2) is 8.58. The van der Waals surface area contributed by atoms with E-state index in [4.69, 9.17) is 4.74 Å². The van der Waals surface area contributed by atoms with Crippen LogP contribution in [0.1, 0.15) is 23.4 Å². The number of morpholine rings is 1. The third-order valence-corrected chi connectivity index (χ3v) is 4.19. The molecule has 1 N–H and O–H groups in total. The van der Waals surface area contributed by atoms with Crippen LogP contribution in [0.2, 0.25) is 0 Å². The lowest BCUT2D eigenvalue weighted by Gasteiger charge is -2.27. The van der Waals surface area contributed by atoms with Gasteiger partial charge in [-0.2, -0.15) is 0 Å². The van der Waals surface area contributed by atoms with Gasteiger partial charge in [0.2, 0.25) is 5.91 Å². The van der Waals surface area contributed by atoms with E-state index in [1.165, 1.54) is 11.1 Å². The molecule has 1 aliphatic heterocycles. The van der Waals surface area contributed by atoms with Crippen LogP contribution >= 0.6 is 0 Å². The van der Waals surface area contributed by atoms with Crippen molar-refractivity contribution < 1.29 is 9.53 Å². The quantitative estimate of drug-likeness (QED) is 0.869. The Morgan fingerprint density at radius 2 is 2.12 bits per heavy atom. The number of hydrogen-bond donors (Lipinski definition) is 1. The maximum atomic E-state index is 12.1. The Balaban J connectivity index is 1.48. The van der Waals surface area contributed by atoms with E-state index in [2.05, 4.69) is 45.3 Å². The summed E-state index contributed by atoms with van der Waals surface area (Å²) in [6.45, 7) is 5.51. The van der Waals surface area contributed by atoms with Crippen LogP contribution < -0.4 is 10.2 Å². The number of hydrogen-bond acceptors (Lipinski definition) is 5. The van der Waals surface area contributed by atoms with Gasteiger partial charge < -0.3 is 15.0 Å².